The van der Waals surface area contributed by atoms with E-state index >= 15 is 0 Å². The maximum absolute atomic E-state index is 12.5. The van der Waals surface area contributed by atoms with Crippen LogP contribution in [-0.2, 0) is 14.8 Å². The topological polar surface area (TPSA) is 79.0 Å². The summed E-state index contributed by atoms with van der Waals surface area (Å²) in [4.78, 5) is 14.9. The highest BCUT2D eigenvalue weighted by Gasteiger charge is 2.29. The maximum Gasteiger partial charge on any atom is 0.243 e. The van der Waals surface area contributed by atoms with Crippen molar-refractivity contribution in [3.05, 3.63) is 24.3 Å². The predicted molar refractivity (Wildman–Crippen MR) is 108 cm³/mol. The Bertz CT molecular complexity index is 700. The zero-order valence-corrected chi connectivity index (χ0v) is 17.3. The van der Waals surface area contributed by atoms with Crippen LogP contribution in [-0.4, -0.2) is 64.3 Å². The Morgan fingerprint density at radius 1 is 1.26 bits per heavy atom. The maximum atomic E-state index is 12.5. The van der Waals surface area contributed by atoms with E-state index in [1.165, 1.54) is 12.8 Å². The molecule has 0 bridgehead atoms. The van der Waals surface area contributed by atoms with Gasteiger partial charge >= 0.3 is 0 Å². The Hall–Kier alpha value is -1.80. The average molecular weight is 398 g/mol. The van der Waals surface area contributed by atoms with Gasteiger partial charge in [0.05, 0.1) is 18.6 Å². The fraction of sp³-hybridized carbons (Fsp3) is 0.632. The second-order valence-electron chi connectivity index (χ2n) is 6.86. The molecule has 1 aromatic carbocycles. The standard InChI is InChI=1S/C19H31N3O4S/c1-4-26-18-10-8-17(9-11-18)22(27(3,24)25)16(2)19(23)20-12-7-15-21-13-5-6-14-21/h8-11,16H,4-7,12-15H2,1-3H3,(H,20,23). The molecule has 1 aliphatic heterocycles. The number of hydrogen-bond acceptors (Lipinski definition) is 5. The van der Waals surface area contributed by atoms with Gasteiger partial charge in [-0.1, -0.05) is 0 Å². The Kier molecular flexibility index (Phi) is 7.91. The van der Waals surface area contributed by atoms with Gasteiger partial charge < -0.3 is 15.0 Å². The van der Waals surface area contributed by atoms with Gasteiger partial charge in [-0.3, -0.25) is 9.10 Å². The molecule has 1 aromatic rings. The van der Waals surface area contributed by atoms with E-state index in [-0.39, 0.29) is 5.91 Å². The van der Waals surface area contributed by atoms with Crippen LogP contribution < -0.4 is 14.4 Å². The molecule has 0 saturated carbocycles. The molecule has 2 rings (SSSR count). The molecule has 0 aromatic heterocycles. The van der Waals surface area contributed by atoms with Crippen LogP contribution in [0, 0.1) is 0 Å². The Morgan fingerprint density at radius 3 is 2.44 bits per heavy atom. The summed E-state index contributed by atoms with van der Waals surface area (Å²) in [6, 6.07) is 5.90. The first kappa shape index (κ1) is 21.5. The number of nitrogens with zero attached hydrogens (tertiary/aromatic N) is 2. The highest BCUT2D eigenvalue weighted by Crippen LogP contribution is 2.24. The van der Waals surface area contributed by atoms with Crippen LogP contribution in [0.3, 0.4) is 0 Å². The molecule has 0 radical (unpaired) electrons. The Labute approximate surface area is 162 Å². The summed E-state index contributed by atoms with van der Waals surface area (Å²) in [5.74, 6) is 0.365. The molecule has 1 fully saturated rings. The van der Waals surface area contributed by atoms with E-state index in [4.69, 9.17) is 4.74 Å². The van der Waals surface area contributed by atoms with Gasteiger partial charge in [0, 0.05) is 6.54 Å². The van der Waals surface area contributed by atoms with Crippen LogP contribution in [0.15, 0.2) is 24.3 Å². The van der Waals surface area contributed by atoms with Crippen molar-refractivity contribution in [3.63, 3.8) is 0 Å². The lowest BCUT2D eigenvalue weighted by atomic mass is 10.2. The molecule has 27 heavy (non-hydrogen) atoms. The van der Waals surface area contributed by atoms with E-state index in [0.29, 0.717) is 24.6 Å². The van der Waals surface area contributed by atoms with Gasteiger partial charge in [0.25, 0.3) is 0 Å². The largest absolute Gasteiger partial charge is 0.494 e. The second-order valence-corrected chi connectivity index (χ2v) is 8.71. The average Bonchev–Trinajstić information content (AvgIpc) is 3.12. The quantitative estimate of drug-likeness (QED) is 0.610. The number of anilines is 1. The lowest BCUT2D eigenvalue weighted by Gasteiger charge is -2.28. The molecular formula is C19H31N3O4S. The molecule has 1 aliphatic rings. The molecule has 1 atom stereocenters. The molecule has 0 spiro atoms. The van der Waals surface area contributed by atoms with Crippen molar-refractivity contribution < 1.29 is 17.9 Å². The van der Waals surface area contributed by atoms with Crippen molar-refractivity contribution in [2.45, 2.75) is 39.2 Å². The molecule has 0 aliphatic carbocycles. The molecular weight excluding hydrogens is 366 g/mol. The third kappa shape index (κ3) is 6.39. The Morgan fingerprint density at radius 2 is 1.89 bits per heavy atom. The summed E-state index contributed by atoms with van der Waals surface area (Å²) in [6.07, 6.45) is 4.46. The molecule has 1 heterocycles. The van der Waals surface area contributed by atoms with E-state index in [9.17, 15) is 13.2 Å². The minimum atomic E-state index is -3.61. The lowest BCUT2D eigenvalue weighted by Crippen LogP contribution is -2.48. The monoisotopic (exact) mass is 397 g/mol. The Balaban J connectivity index is 1.96. The first-order chi connectivity index (χ1) is 12.8. The molecule has 7 nitrogen and oxygen atoms in total. The summed E-state index contributed by atoms with van der Waals surface area (Å²) in [5.41, 5.74) is 0.445. The van der Waals surface area contributed by atoms with Crippen LogP contribution in [0.2, 0.25) is 0 Å². The SMILES string of the molecule is CCOc1ccc(N(C(C)C(=O)NCCCN2CCCC2)S(C)(=O)=O)cc1. The normalized spacial score (nSPS) is 16.1. The number of carbonyl (C=O) groups excluding carboxylic acids is 1. The minimum Gasteiger partial charge on any atom is -0.494 e. The van der Waals surface area contributed by atoms with Gasteiger partial charge in [-0.25, -0.2) is 8.42 Å². The molecule has 1 unspecified atom stereocenters. The number of ether oxygens (including phenoxy) is 1. The van der Waals surface area contributed by atoms with Crippen LogP contribution in [0.5, 0.6) is 5.75 Å². The van der Waals surface area contributed by atoms with Crippen molar-refractivity contribution in [1.82, 2.24) is 10.2 Å². The zero-order chi connectivity index (χ0) is 19.9. The first-order valence-electron chi connectivity index (χ1n) is 9.55. The summed E-state index contributed by atoms with van der Waals surface area (Å²) < 4.78 is 31.1. The predicted octanol–water partition coefficient (Wildman–Crippen LogP) is 1.84. The van der Waals surface area contributed by atoms with Crippen LogP contribution in [0.1, 0.15) is 33.1 Å². The summed E-state index contributed by atoms with van der Waals surface area (Å²) in [7, 11) is -3.61. The van der Waals surface area contributed by atoms with Gasteiger partial charge in [0.2, 0.25) is 15.9 Å². The first-order valence-corrected chi connectivity index (χ1v) is 11.4. The van der Waals surface area contributed by atoms with Crippen molar-refractivity contribution in [3.8, 4) is 5.75 Å². The van der Waals surface area contributed by atoms with Gasteiger partial charge in [0.1, 0.15) is 11.8 Å². The molecule has 8 heteroatoms. The van der Waals surface area contributed by atoms with Crippen molar-refractivity contribution in [1.29, 1.82) is 0 Å². The third-order valence-corrected chi connectivity index (χ3v) is 5.88. The fourth-order valence-electron chi connectivity index (χ4n) is 3.33. The van der Waals surface area contributed by atoms with Gasteiger partial charge in [-0.15, -0.1) is 0 Å². The number of amides is 1. The third-order valence-electron chi connectivity index (χ3n) is 4.64. The molecule has 1 amide bonds. The molecule has 1 N–H and O–H groups in total. The summed E-state index contributed by atoms with van der Waals surface area (Å²) in [6.45, 7) is 7.78. The zero-order valence-electron chi connectivity index (χ0n) is 16.5. The smallest absolute Gasteiger partial charge is 0.243 e. The number of hydrogen-bond donors (Lipinski definition) is 1. The minimum absolute atomic E-state index is 0.296. The number of sulfonamides is 1. The molecule has 1 saturated heterocycles. The van der Waals surface area contributed by atoms with E-state index in [1.807, 2.05) is 6.92 Å². The second kappa shape index (κ2) is 9.94. The van der Waals surface area contributed by atoms with Gasteiger partial charge in [-0.2, -0.15) is 0 Å². The van der Waals surface area contributed by atoms with E-state index in [1.54, 1.807) is 31.2 Å². The number of nitrogens with one attached hydrogen (secondary N) is 1. The lowest BCUT2D eigenvalue weighted by molar-refractivity contribution is -0.121. The highest BCUT2D eigenvalue weighted by molar-refractivity contribution is 7.92. The van der Waals surface area contributed by atoms with Gasteiger partial charge in [-0.05, 0) is 77.0 Å². The van der Waals surface area contributed by atoms with Crippen LogP contribution in [0.25, 0.3) is 0 Å². The molecule has 152 valence electrons. The van der Waals surface area contributed by atoms with Gasteiger partial charge in [0.15, 0.2) is 0 Å². The van der Waals surface area contributed by atoms with E-state index < -0.39 is 16.1 Å². The number of likely N-dealkylation sites (tertiary alicyclic amines) is 1. The van der Waals surface area contributed by atoms with E-state index in [2.05, 4.69) is 10.2 Å². The number of carbonyl (C=O) groups is 1. The van der Waals surface area contributed by atoms with Crippen molar-refractivity contribution >= 4 is 21.6 Å². The van der Waals surface area contributed by atoms with Crippen molar-refractivity contribution in [2.75, 3.05) is 43.3 Å². The number of rotatable bonds is 10. The number of benzene rings is 1. The highest BCUT2D eigenvalue weighted by atomic mass is 32.2. The fourth-order valence-corrected chi connectivity index (χ4v) is 4.51. The summed E-state index contributed by atoms with van der Waals surface area (Å²) in [5, 5.41) is 2.86. The van der Waals surface area contributed by atoms with Crippen LogP contribution in [0.4, 0.5) is 5.69 Å². The van der Waals surface area contributed by atoms with Crippen LogP contribution >= 0.6 is 0 Å². The van der Waals surface area contributed by atoms with Crippen molar-refractivity contribution in [2.24, 2.45) is 0 Å². The van der Waals surface area contributed by atoms with E-state index in [0.717, 1.165) is 36.6 Å². The summed E-state index contributed by atoms with van der Waals surface area (Å²) >= 11 is 0.